The summed E-state index contributed by atoms with van der Waals surface area (Å²) in [6.45, 7) is 1.87. The first-order valence-corrected chi connectivity index (χ1v) is 7.82. The van der Waals surface area contributed by atoms with Crippen LogP contribution < -0.4 is 15.2 Å². The lowest BCUT2D eigenvalue weighted by Gasteiger charge is -2.13. The Labute approximate surface area is 145 Å². The average molecular weight is 403 g/mol. The fraction of sp³-hybridized carbons (Fsp3) is 0.250. The van der Waals surface area contributed by atoms with Crippen LogP contribution >= 0.6 is 15.9 Å². The van der Waals surface area contributed by atoms with Gasteiger partial charge in [0.05, 0.1) is 12.6 Å². The number of H-pyrrole nitrogens is 1. The number of anilines is 2. The second kappa shape index (κ2) is 7.21. The maximum atomic E-state index is 12.5. The van der Waals surface area contributed by atoms with Crippen molar-refractivity contribution in [3.05, 3.63) is 52.1 Å². The van der Waals surface area contributed by atoms with E-state index in [-0.39, 0.29) is 12.5 Å². The van der Waals surface area contributed by atoms with Gasteiger partial charge in [0, 0.05) is 16.2 Å². The predicted molar refractivity (Wildman–Crippen MR) is 88.8 cm³/mol. The van der Waals surface area contributed by atoms with Crippen molar-refractivity contribution in [1.82, 2.24) is 0 Å². The van der Waals surface area contributed by atoms with Gasteiger partial charge in [-0.25, -0.2) is 4.98 Å². The summed E-state index contributed by atoms with van der Waals surface area (Å²) >= 11 is 3.35. The molecular weight excluding hydrogens is 387 g/mol. The number of carbonyl (C=O) groups excluding carboxylic acids is 1. The van der Waals surface area contributed by atoms with Gasteiger partial charge in [0.15, 0.2) is 6.54 Å². The molecule has 4 nitrogen and oxygen atoms in total. The van der Waals surface area contributed by atoms with Crippen LogP contribution in [0.5, 0.6) is 0 Å². The first-order valence-electron chi connectivity index (χ1n) is 7.03. The third-order valence-corrected chi connectivity index (χ3v) is 3.87. The van der Waals surface area contributed by atoms with E-state index >= 15 is 0 Å². The molecule has 0 saturated carbocycles. The van der Waals surface area contributed by atoms with E-state index < -0.39 is 11.7 Å². The number of carbonyl (C=O) groups is 1. The zero-order valence-corrected chi connectivity index (χ0v) is 14.6. The molecule has 1 aromatic carbocycles. The van der Waals surface area contributed by atoms with E-state index in [2.05, 4.69) is 26.2 Å². The number of hydrogen-bond donors (Lipinski definition) is 1. The fourth-order valence-corrected chi connectivity index (χ4v) is 2.56. The number of benzene rings is 1. The van der Waals surface area contributed by atoms with E-state index in [0.717, 1.165) is 22.3 Å². The summed E-state index contributed by atoms with van der Waals surface area (Å²) in [6, 6.07) is 7.74. The summed E-state index contributed by atoms with van der Waals surface area (Å²) in [5.74, 6) is 0.141. The smallest absolute Gasteiger partial charge is 0.322 e. The molecule has 0 bridgehead atoms. The van der Waals surface area contributed by atoms with Crippen molar-refractivity contribution < 1.29 is 22.9 Å². The highest BCUT2D eigenvalue weighted by Gasteiger charge is 2.32. The molecule has 0 atom stereocenters. The normalized spacial score (nSPS) is 11.2. The van der Waals surface area contributed by atoms with Gasteiger partial charge in [-0.2, -0.15) is 13.2 Å². The van der Waals surface area contributed by atoms with E-state index in [0.29, 0.717) is 11.5 Å². The van der Waals surface area contributed by atoms with Crippen molar-refractivity contribution in [2.75, 3.05) is 23.8 Å². The zero-order valence-electron chi connectivity index (χ0n) is 13.0. The van der Waals surface area contributed by atoms with Gasteiger partial charge in [0.1, 0.15) is 6.20 Å². The molecule has 0 aliphatic rings. The maximum absolute atomic E-state index is 12.5. The molecule has 0 saturated heterocycles. The number of pyridine rings is 1. The predicted octanol–water partition coefficient (Wildman–Crippen LogP) is 3.67. The minimum absolute atomic E-state index is 0.00261. The summed E-state index contributed by atoms with van der Waals surface area (Å²) in [5, 5.41) is 2.78. The Morgan fingerprint density at radius 1 is 1.29 bits per heavy atom. The molecule has 2 aromatic rings. The van der Waals surface area contributed by atoms with Gasteiger partial charge in [-0.15, -0.1) is 0 Å². The minimum atomic E-state index is -4.40. The van der Waals surface area contributed by atoms with Crippen molar-refractivity contribution in [3.63, 3.8) is 0 Å². The molecule has 24 heavy (non-hydrogen) atoms. The molecule has 2 rings (SSSR count). The third kappa shape index (κ3) is 4.70. The molecule has 0 aliphatic carbocycles. The van der Waals surface area contributed by atoms with Crippen molar-refractivity contribution in [2.45, 2.75) is 13.1 Å². The largest absolute Gasteiger partial charge is 0.419 e. The Bertz CT molecular complexity index is 732. The Morgan fingerprint density at radius 2 is 2.00 bits per heavy atom. The van der Waals surface area contributed by atoms with Crippen molar-refractivity contribution in [3.8, 4) is 0 Å². The van der Waals surface area contributed by atoms with Gasteiger partial charge in [-0.1, -0.05) is 15.9 Å². The van der Waals surface area contributed by atoms with E-state index in [9.17, 15) is 18.0 Å². The summed E-state index contributed by atoms with van der Waals surface area (Å²) in [6.07, 6.45) is -3.52. The fourth-order valence-electron chi connectivity index (χ4n) is 2.09. The molecule has 0 aliphatic heterocycles. The average Bonchev–Trinajstić information content (AvgIpc) is 2.49. The molecule has 0 unspecified atom stereocenters. The van der Waals surface area contributed by atoms with Crippen molar-refractivity contribution in [2.24, 2.45) is 0 Å². The highest BCUT2D eigenvalue weighted by atomic mass is 79.9. The molecule has 128 valence electrons. The molecule has 2 N–H and O–H groups in total. The second-order valence-electron chi connectivity index (χ2n) is 5.32. The molecule has 0 spiro atoms. The quantitative estimate of drug-likeness (QED) is 0.847. The lowest BCUT2D eigenvalue weighted by atomic mass is 10.2. The lowest BCUT2D eigenvalue weighted by Crippen LogP contribution is -2.33. The summed E-state index contributed by atoms with van der Waals surface area (Å²) in [5.41, 5.74) is 0.823. The molecule has 0 fully saturated rings. The topological polar surface area (TPSA) is 46.5 Å². The number of nitrogens with zero attached hydrogens (tertiary/aromatic N) is 1. The van der Waals surface area contributed by atoms with Gasteiger partial charge in [-0.3, -0.25) is 9.69 Å². The number of rotatable bonds is 4. The number of hydrogen-bond acceptors (Lipinski definition) is 2. The highest BCUT2D eigenvalue weighted by molar-refractivity contribution is 9.10. The minimum Gasteiger partial charge on any atom is -0.322 e. The number of aromatic amines is 1. The van der Waals surface area contributed by atoms with Crippen LogP contribution in [0, 0.1) is 6.92 Å². The Balaban J connectivity index is 2.01. The summed E-state index contributed by atoms with van der Waals surface area (Å²) in [7, 11) is 1.62. The first kappa shape index (κ1) is 18.3. The Kier molecular flexibility index (Phi) is 5.48. The number of alkyl halides is 3. The van der Waals surface area contributed by atoms with Gasteiger partial charge < -0.3 is 5.32 Å². The van der Waals surface area contributed by atoms with Crippen LogP contribution in [0.4, 0.5) is 24.7 Å². The standard InChI is InChI=1S/C16H15BrF3N3O/c1-10-7-12(17)4-5-13(10)22-15(24)9-23(2)14-6-3-11(8-21-14)16(18,19)20/h3-8H,9H2,1-2H3,(H,22,24)/p+1. The van der Waals surface area contributed by atoms with E-state index in [1.165, 1.54) is 11.0 Å². The number of aromatic nitrogens is 1. The number of likely N-dealkylation sites (N-methyl/N-ethyl adjacent to an activating group) is 1. The van der Waals surface area contributed by atoms with Crippen LogP contribution in [0.2, 0.25) is 0 Å². The third-order valence-electron chi connectivity index (χ3n) is 3.38. The summed E-state index contributed by atoms with van der Waals surface area (Å²) in [4.78, 5) is 16.2. The van der Waals surface area contributed by atoms with E-state index in [1.54, 1.807) is 13.1 Å². The van der Waals surface area contributed by atoms with Crippen LogP contribution in [0.1, 0.15) is 11.1 Å². The van der Waals surface area contributed by atoms with Crippen LogP contribution in [0.3, 0.4) is 0 Å². The first-order chi connectivity index (χ1) is 11.2. The maximum Gasteiger partial charge on any atom is 0.419 e. The van der Waals surface area contributed by atoms with Gasteiger partial charge in [-0.05, 0) is 36.8 Å². The number of nitrogens with one attached hydrogen (secondary N) is 2. The van der Waals surface area contributed by atoms with Crippen LogP contribution in [0.15, 0.2) is 41.0 Å². The van der Waals surface area contributed by atoms with Crippen molar-refractivity contribution in [1.29, 1.82) is 0 Å². The van der Waals surface area contributed by atoms with Crippen LogP contribution in [-0.2, 0) is 11.0 Å². The molecule has 1 heterocycles. The molecule has 8 heteroatoms. The van der Waals surface area contributed by atoms with Crippen molar-refractivity contribution >= 4 is 33.3 Å². The monoisotopic (exact) mass is 402 g/mol. The van der Waals surface area contributed by atoms with Crippen LogP contribution in [0.25, 0.3) is 0 Å². The van der Waals surface area contributed by atoms with E-state index in [1.807, 2.05) is 19.1 Å². The Hall–Kier alpha value is -2.09. The van der Waals surface area contributed by atoms with Gasteiger partial charge >= 0.3 is 6.18 Å². The number of amides is 1. The molecule has 1 aromatic heterocycles. The second-order valence-corrected chi connectivity index (χ2v) is 6.24. The van der Waals surface area contributed by atoms with E-state index in [4.69, 9.17) is 0 Å². The molecule has 0 radical (unpaired) electrons. The molecular formula is C16H16BrF3N3O+. The summed E-state index contributed by atoms with van der Waals surface area (Å²) < 4.78 is 38.5. The van der Waals surface area contributed by atoms with Crippen LogP contribution in [-0.4, -0.2) is 19.5 Å². The SMILES string of the molecule is Cc1cc(Br)ccc1NC(=O)CN(C)c1ccc(C(F)(F)F)c[nH+]1. The highest BCUT2D eigenvalue weighted by Crippen LogP contribution is 2.28. The van der Waals surface area contributed by atoms with Gasteiger partial charge in [0.2, 0.25) is 0 Å². The number of aryl methyl sites for hydroxylation is 1. The number of halogens is 4. The zero-order chi connectivity index (χ0) is 17.9. The molecule has 1 amide bonds. The van der Waals surface area contributed by atoms with Gasteiger partial charge in [0.25, 0.3) is 11.7 Å². The lowest BCUT2D eigenvalue weighted by molar-refractivity contribution is -0.367. The Morgan fingerprint density at radius 3 is 2.54 bits per heavy atom.